The van der Waals surface area contributed by atoms with Crippen molar-refractivity contribution in [2.75, 3.05) is 18.1 Å². The van der Waals surface area contributed by atoms with Gasteiger partial charge in [-0.15, -0.1) is 0 Å². The van der Waals surface area contributed by atoms with Crippen LogP contribution in [0.1, 0.15) is 36.5 Å². The van der Waals surface area contributed by atoms with Crippen molar-refractivity contribution in [3.8, 4) is 0 Å². The van der Waals surface area contributed by atoms with Gasteiger partial charge in [0.1, 0.15) is 6.04 Å². The fourth-order valence-corrected chi connectivity index (χ4v) is 3.20. The molecule has 1 saturated heterocycles. The molecule has 0 amide bonds. The molecule has 0 radical (unpaired) electrons. The summed E-state index contributed by atoms with van der Waals surface area (Å²) in [5.41, 5.74) is 0. The van der Waals surface area contributed by atoms with E-state index in [1.807, 2.05) is 0 Å². The Balaban J connectivity index is 1.80. The molecule has 6 nitrogen and oxygen atoms in total. The minimum atomic E-state index is -2.97. The highest BCUT2D eigenvalue weighted by molar-refractivity contribution is 7.91. The van der Waals surface area contributed by atoms with E-state index < -0.39 is 9.84 Å². The fraction of sp³-hybridized carbons (Fsp3) is 0.778. The van der Waals surface area contributed by atoms with E-state index in [9.17, 15) is 8.42 Å². The van der Waals surface area contributed by atoms with Gasteiger partial charge in [-0.1, -0.05) is 5.16 Å². The van der Waals surface area contributed by atoms with Crippen LogP contribution in [0.25, 0.3) is 0 Å². The first-order valence-electron chi connectivity index (χ1n) is 5.41. The van der Waals surface area contributed by atoms with Gasteiger partial charge >= 0.3 is 0 Å². The number of rotatable bonds is 2. The van der Waals surface area contributed by atoms with Crippen molar-refractivity contribution in [3.63, 3.8) is 0 Å². The summed E-state index contributed by atoms with van der Waals surface area (Å²) in [4.78, 5) is 4.26. The second kappa shape index (κ2) is 3.53. The number of hydrogen-bond acceptors (Lipinski definition) is 6. The number of hydrogen-bond donors (Lipinski definition) is 1. The molecule has 1 saturated carbocycles. The summed E-state index contributed by atoms with van der Waals surface area (Å²) in [7, 11) is -2.97. The van der Waals surface area contributed by atoms with Crippen molar-refractivity contribution >= 4 is 9.84 Å². The smallest absolute Gasteiger partial charge is 0.244 e. The van der Waals surface area contributed by atoms with Gasteiger partial charge in [0.25, 0.3) is 0 Å². The van der Waals surface area contributed by atoms with Crippen molar-refractivity contribution in [1.82, 2.24) is 15.5 Å². The third kappa shape index (κ3) is 1.97. The van der Waals surface area contributed by atoms with Gasteiger partial charge in [0.05, 0.1) is 11.5 Å². The SMILES string of the molecule is O=S1(=O)CCNC(c2nc(C3CC3)no2)C1. The molecule has 3 rings (SSSR count). The largest absolute Gasteiger partial charge is 0.338 e. The average molecular weight is 243 g/mol. The van der Waals surface area contributed by atoms with Gasteiger partial charge in [0.15, 0.2) is 15.7 Å². The monoisotopic (exact) mass is 243 g/mol. The Morgan fingerprint density at radius 2 is 2.19 bits per heavy atom. The third-order valence-corrected chi connectivity index (χ3v) is 4.59. The molecule has 1 N–H and O–H groups in total. The Bertz CT molecular complexity index is 492. The molecule has 1 unspecified atom stereocenters. The van der Waals surface area contributed by atoms with Crippen molar-refractivity contribution in [1.29, 1.82) is 0 Å². The minimum Gasteiger partial charge on any atom is -0.338 e. The second-order valence-corrected chi connectivity index (χ2v) is 6.61. The predicted octanol–water partition coefficient (Wildman–Crippen LogP) is 0.00610. The first kappa shape index (κ1) is 10.2. The number of sulfone groups is 1. The van der Waals surface area contributed by atoms with Crippen LogP contribution in [0, 0.1) is 0 Å². The summed E-state index contributed by atoms with van der Waals surface area (Å²) in [5, 5.41) is 6.97. The van der Waals surface area contributed by atoms with Gasteiger partial charge in [-0.05, 0) is 12.8 Å². The van der Waals surface area contributed by atoms with Crippen molar-refractivity contribution in [3.05, 3.63) is 11.7 Å². The molecule has 0 spiro atoms. The topological polar surface area (TPSA) is 85.1 Å². The molecule has 16 heavy (non-hydrogen) atoms. The van der Waals surface area contributed by atoms with Gasteiger partial charge in [-0.25, -0.2) is 8.42 Å². The molecule has 1 aliphatic carbocycles. The zero-order chi connectivity index (χ0) is 11.2. The van der Waals surface area contributed by atoms with Crippen LogP contribution >= 0.6 is 0 Å². The molecular formula is C9H13N3O3S. The van der Waals surface area contributed by atoms with Crippen LogP contribution in [-0.2, 0) is 9.84 Å². The number of aromatic nitrogens is 2. The minimum absolute atomic E-state index is 0.0549. The first-order valence-corrected chi connectivity index (χ1v) is 7.23. The van der Waals surface area contributed by atoms with E-state index in [0.717, 1.165) is 18.7 Å². The molecule has 2 heterocycles. The Kier molecular flexibility index (Phi) is 2.25. The lowest BCUT2D eigenvalue weighted by molar-refractivity contribution is 0.335. The van der Waals surface area contributed by atoms with E-state index in [1.165, 1.54) is 0 Å². The van der Waals surface area contributed by atoms with E-state index in [1.54, 1.807) is 0 Å². The highest BCUT2D eigenvalue weighted by Crippen LogP contribution is 2.38. The van der Waals surface area contributed by atoms with Crippen LogP contribution in [0.3, 0.4) is 0 Å². The lowest BCUT2D eigenvalue weighted by Crippen LogP contribution is -2.39. The van der Waals surface area contributed by atoms with Crippen LogP contribution < -0.4 is 5.32 Å². The molecule has 2 aliphatic rings. The van der Waals surface area contributed by atoms with Crippen molar-refractivity contribution in [2.45, 2.75) is 24.8 Å². The van der Waals surface area contributed by atoms with E-state index in [-0.39, 0.29) is 17.5 Å². The molecule has 7 heteroatoms. The van der Waals surface area contributed by atoms with Crippen molar-refractivity contribution in [2.24, 2.45) is 0 Å². The molecule has 1 atom stereocenters. The van der Waals surface area contributed by atoms with Crippen LogP contribution in [0.15, 0.2) is 4.52 Å². The summed E-state index contributed by atoms with van der Waals surface area (Å²) in [6, 6.07) is -0.334. The Labute approximate surface area is 93.3 Å². The highest BCUT2D eigenvalue weighted by Gasteiger charge is 2.33. The zero-order valence-corrected chi connectivity index (χ0v) is 9.53. The lowest BCUT2D eigenvalue weighted by Gasteiger charge is -2.19. The third-order valence-electron chi connectivity index (χ3n) is 2.92. The van der Waals surface area contributed by atoms with Crippen molar-refractivity contribution < 1.29 is 12.9 Å². The van der Waals surface area contributed by atoms with Crippen LogP contribution in [0.4, 0.5) is 0 Å². The molecule has 88 valence electrons. The average Bonchev–Trinajstić information content (AvgIpc) is 2.95. The van der Waals surface area contributed by atoms with Crippen LogP contribution in [0.2, 0.25) is 0 Å². The van der Waals surface area contributed by atoms with Gasteiger partial charge in [0.2, 0.25) is 5.89 Å². The summed E-state index contributed by atoms with van der Waals surface area (Å²) in [6.07, 6.45) is 2.21. The zero-order valence-electron chi connectivity index (χ0n) is 8.72. The molecule has 2 fully saturated rings. The maximum absolute atomic E-state index is 11.5. The summed E-state index contributed by atoms with van der Waals surface area (Å²) >= 11 is 0. The Morgan fingerprint density at radius 1 is 1.38 bits per heavy atom. The van der Waals surface area contributed by atoms with Gasteiger partial charge in [-0.3, -0.25) is 0 Å². The Hall–Kier alpha value is -0.950. The van der Waals surface area contributed by atoms with E-state index in [0.29, 0.717) is 18.4 Å². The lowest BCUT2D eigenvalue weighted by atomic mass is 10.3. The molecule has 1 aromatic rings. The number of nitrogens with zero attached hydrogens (tertiary/aromatic N) is 2. The van der Waals surface area contributed by atoms with E-state index in [2.05, 4.69) is 15.5 Å². The maximum Gasteiger partial charge on any atom is 0.244 e. The summed E-state index contributed by atoms with van der Waals surface area (Å²) in [6.45, 7) is 0.453. The fourth-order valence-electron chi connectivity index (χ4n) is 1.84. The highest BCUT2D eigenvalue weighted by atomic mass is 32.2. The number of nitrogens with one attached hydrogen (secondary N) is 1. The summed E-state index contributed by atoms with van der Waals surface area (Å²) < 4.78 is 28.0. The van der Waals surface area contributed by atoms with Gasteiger partial charge < -0.3 is 9.84 Å². The predicted molar refractivity (Wildman–Crippen MR) is 55.7 cm³/mol. The molecule has 0 bridgehead atoms. The summed E-state index contributed by atoms with van der Waals surface area (Å²) in [5.74, 6) is 1.80. The molecule has 1 aliphatic heterocycles. The van der Waals surface area contributed by atoms with E-state index >= 15 is 0 Å². The molecule has 1 aromatic heterocycles. The van der Waals surface area contributed by atoms with Gasteiger partial charge in [-0.2, -0.15) is 4.98 Å². The second-order valence-electron chi connectivity index (χ2n) is 4.39. The Morgan fingerprint density at radius 3 is 2.88 bits per heavy atom. The van der Waals surface area contributed by atoms with Crippen LogP contribution in [-0.4, -0.2) is 36.6 Å². The molecular weight excluding hydrogens is 230 g/mol. The standard InChI is InChI=1S/C9H13N3O3S/c13-16(14)4-3-10-7(5-16)9-11-8(12-15-9)6-1-2-6/h6-7,10H,1-5H2. The van der Waals surface area contributed by atoms with Gasteiger partial charge in [0, 0.05) is 12.5 Å². The quantitative estimate of drug-likeness (QED) is 0.787. The van der Waals surface area contributed by atoms with E-state index in [4.69, 9.17) is 4.52 Å². The van der Waals surface area contributed by atoms with Crippen LogP contribution in [0.5, 0.6) is 0 Å². The normalized spacial score (nSPS) is 29.1. The molecule has 0 aromatic carbocycles. The first-order chi connectivity index (χ1) is 7.64. The maximum atomic E-state index is 11.5.